The molecule has 18 heavy (non-hydrogen) atoms. The van der Waals surface area contributed by atoms with Crippen molar-refractivity contribution >= 4 is 15.9 Å². The summed E-state index contributed by atoms with van der Waals surface area (Å²) in [5, 5.41) is 3.73. The predicted molar refractivity (Wildman–Crippen MR) is 78.7 cm³/mol. The molecule has 0 bridgehead atoms. The molecule has 1 aromatic carbocycles. The van der Waals surface area contributed by atoms with E-state index >= 15 is 0 Å². The van der Waals surface area contributed by atoms with Crippen molar-refractivity contribution in [2.75, 3.05) is 7.11 Å². The van der Waals surface area contributed by atoms with Gasteiger partial charge < -0.3 is 10.1 Å². The molecule has 0 radical (unpaired) electrons. The van der Waals surface area contributed by atoms with Gasteiger partial charge in [-0.3, -0.25) is 0 Å². The minimum atomic E-state index is 0.419. The van der Waals surface area contributed by atoms with Crippen molar-refractivity contribution < 1.29 is 4.74 Å². The quantitative estimate of drug-likeness (QED) is 0.905. The Morgan fingerprint density at radius 1 is 1.17 bits per heavy atom. The van der Waals surface area contributed by atoms with Crippen LogP contribution in [0.15, 0.2) is 28.7 Å². The van der Waals surface area contributed by atoms with E-state index in [0.29, 0.717) is 18.2 Å². The van der Waals surface area contributed by atoms with Crippen LogP contribution in [0, 0.1) is 0 Å². The maximum Gasteiger partial charge on any atom is 0.0572 e. The zero-order chi connectivity index (χ0) is 13.0. The Morgan fingerprint density at radius 2 is 1.78 bits per heavy atom. The fraction of sp³-hybridized carbons (Fsp3) is 0.600. The van der Waals surface area contributed by atoms with Crippen molar-refractivity contribution in [3.05, 3.63) is 34.3 Å². The van der Waals surface area contributed by atoms with E-state index < -0.39 is 0 Å². The lowest BCUT2D eigenvalue weighted by Gasteiger charge is -2.30. The van der Waals surface area contributed by atoms with Gasteiger partial charge in [-0.1, -0.05) is 28.1 Å². The van der Waals surface area contributed by atoms with Crippen LogP contribution in [0.5, 0.6) is 0 Å². The molecule has 1 N–H and O–H groups in total. The van der Waals surface area contributed by atoms with Gasteiger partial charge in [-0.25, -0.2) is 0 Å². The smallest absolute Gasteiger partial charge is 0.0572 e. The third kappa shape index (κ3) is 3.81. The Morgan fingerprint density at radius 3 is 2.33 bits per heavy atom. The van der Waals surface area contributed by atoms with Gasteiger partial charge in [0, 0.05) is 23.7 Å². The first-order valence-electron chi connectivity index (χ1n) is 6.73. The van der Waals surface area contributed by atoms with Crippen LogP contribution in [0.3, 0.4) is 0 Å². The Labute approximate surface area is 118 Å². The van der Waals surface area contributed by atoms with Gasteiger partial charge in [-0.2, -0.15) is 0 Å². The first-order valence-corrected chi connectivity index (χ1v) is 7.52. The zero-order valence-electron chi connectivity index (χ0n) is 11.2. The highest BCUT2D eigenvalue weighted by Gasteiger charge is 2.21. The second-order valence-corrected chi connectivity index (χ2v) is 6.06. The highest BCUT2D eigenvalue weighted by molar-refractivity contribution is 9.10. The van der Waals surface area contributed by atoms with Crippen molar-refractivity contribution in [1.82, 2.24) is 5.32 Å². The second kappa shape index (κ2) is 6.69. The Hall–Kier alpha value is -0.380. The lowest BCUT2D eigenvalue weighted by molar-refractivity contribution is 0.0614. The highest BCUT2D eigenvalue weighted by Crippen LogP contribution is 2.24. The molecule has 2 nitrogen and oxygen atoms in total. The Kier molecular flexibility index (Phi) is 5.22. The van der Waals surface area contributed by atoms with Gasteiger partial charge in [0.05, 0.1) is 6.10 Å². The molecule has 1 aromatic rings. The van der Waals surface area contributed by atoms with Crippen molar-refractivity contribution in [3.8, 4) is 0 Å². The third-order valence-corrected chi connectivity index (χ3v) is 4.39. The first kappa shape index (κ1) is 14.0. The topological polar surface area (TPSA) is 21.3 Å². The number of hydrogen-bond acceptors (Lipinski definition) is 2. The fourth-order valence-electron chi connectivity index (χ4n) is 2.67. The number of benzene rings is 1. The van der Waals surface area contributed by atoms with E-state index in [2.05, 4.69) is 52.4 Å². The molecular weight excluding hydrogens is 290 g/mol. The van der Waals surface area contributed by atoms with E-state index in [-0.39, 0.29) is 0 Å². The molecule has 0 heterocycles. The van der Waals surface area contributed by atoms with Gasteiger partial charge in [0.2, 0.25) is 0 Å². The molecule has 0 amide bonds. The van der Waals surface area contributed by atoms with Crippen LogP contribution < -0.4 is 5.32 Å². The zero-order valence-corrected chi connectivity index (χ0v) is 12.7. The van der Waals surface area contributed by atoms with Gasteiger partial charge >= 0.3 is 0 Å². The van der Waals surface area contributed by atoms with E-state index in [1.165, 1.54) is 31.2 Å². The minimum Gasteiger partial charge on any atom is -0.381 e. The standard InChI is InChI=1S/C15H22BrNO/c1-11(12-3-5-13(16)6-4-12)17-14-7-9-15(18-2)10-8-14/h3-6,11,14-15,17H,7-10H2,1-2H3/t11-,14?,15?/m1/s1. The van der Waals surface area contributed by atoms with Gasteiger partial charge in [0.25, 0.3) is 0 Å². The van der Waals surface area contributed by atoms with E-state index in [4.69, 9.17) is 4.74 Å². The van der Waals surface area contributed by atoms with Crippen LogP contribution in [0.25, 0.3) is 0 Å². The van der Waals surface area contributed by atoms with Gasteiger partial charge in [0.1, 0.15) is 0 Å². The molecule has 0 aromatic heterocycles. The first-order chi connectivity index (χ1) is 8.69. The Balaban J connectivity index is 1.84. The predicted octanol–water partition coefficient (Wildman–Crippen LogP) is 4.06. The van der Waals surface area contributed by atoms with Crippen molar-refractivity contribution in [3.63, 3.8) is 0 Å². The molecule has 0 saturated heterocycles. The van der Waals surface area contributed by atoms with Gasteiger partial charge in [-0.15, -0.1) is 0 Å². The van der Waals surface area contributed by atoms with Crippen LogP contribution in [0.1, 0.15) is 44.2 Å². The summed E-state index contributed by atoms with van der Waals surface area (Å²) in [6.07, 6.45) is 5.28. The lowest BCUT2D eigenvalue weighted by atomic mass is 9.92. The minimum absolute atomic E-state index is 0.419. The average molecular weight is 312 g/mol. The Bertz CT molecular complexity index is 357. The van der Waals surface area contributed by atoms with Crippen LogP contribution in [-0.4, -0.2) is 19.3 Å². The van der Waals surface area contributed by atoms with E-state index in [1.807, 2.05) is 7.11 Å². The monoisotopic (exact) mass is 311 g/mol. The van der Waals surface area contributed by atoms with Crippen molar-refractivity contribution in [2.45, 2.75) is 50.8 Å². The molecule has 1 atom stereocenters. The van der Waals surface area contributed by atoms with Crippen molar-refractivity contribution in [2.24, 2.45) is 0 Å². The summed E-state index contributed by atoms with van der Waals surface area (Å²) >= 11 is 3.47. The molecule has 1 aliphatic carbocycles. The summed E-state index contributed by atoms with van der Waals surface area (Å²) in [7, 11) is 1.82. The number of nitrogens with one attached hydrogen (secondary N) is 1. The van der Waals surface area contributed by atoms with Gasteiger partial charge in [-0.05, 0) is 50.3 Å². The number of ether oxygens (including phenoxy) is 1. The van der Waals surface area contributed by atoms with Crippen LogP contribution in [-0.2, 0) is 4.74 Å². The largest absolute Gasteiger partial charge is 0.381 e. The summed E-state index contributed by atoms with van der Waals surface area (Å²) in [6, 6.07) is 9.63. The molecule has 1 fully saturated rings. The maximum absolute atomic E-state index is 5.41. The second-order valence-electron chi connectivity index (χ2n) is 5.15. The van der Waals surface area contributed by atoms with Crippen LogP contribution >= 0.6 is 15.9 Å². The number of halogens is 1. The normalized spacial score (nSPS) is 25.9. The van der Waals surface area contributed by atoms with E-state index in [1.54, 1.807) is 0 Å². The molecular formula is C15H22BrNO. The molecule has 2 rings (SSSR count). The summed E-state index contributed by atoms with van der Waals surface area (Å²) in [4.78, 5) is 0. The summed E-state index contributed by atoms with van der Waals surface area (Å²) in [6.45, 7) is 2.24. The van der Waals surface area contributed by atoms with Crippen LogP contribution in [0.2, 0.25) is 0 Å². The lowest BCUT2D eigenvalue weighted by Crippen LogP contribution is -2.36. The van der Waals surface area contributed by atoms with Crippen LogP contribution in [0.4, 0.5) is 0 Å². The van der Waals surface area contributed by atoms with Gasteiger partial charge in [0.15, 0.2) is 0 Å². The molecule has 100 valence electrons. The number of methoxy groups -OCH3 is 1. The molecule has 1 aliphatic rings. The molecule has 0 aliphatic heterocycles. The third-order valence-electron chi connectivity index (χ3n) is 3.86. The summed E-state index contributed by atoms with van der Waals surface area (Å²) in [5.41, 5.74) is 1.35. The molecule has 1 saturated carbocycles. The summed E-state index contributed by atoms with van der Waals surface area (Å²) in [5.74, 6) is 0. The molecule has 0 spiro atoms. The highest BCUT2D eigenvalue weighted by atomic mass is 79.9. The number of hydrogen-bond donors (Lipinski definition) is 1. The fourth-order valence-corrected chi connectivity index (χ4v) is 2.93. The van der Waals surface area contributed by atoms with E-state index in [9.17, 15) is 0 Å². The van der Waals surface area contributed by atoms with E-state index in [0.717, 1.165) is 4.47 Å². The SMILES string of the molecule is COC1CCC(N[C@H](C)c2ccc(Br)cc2)CC1. The van der Waals surface area contributed by atoms with Crippen molar-refractivity contribution in [1.29, 1.82) is 0 Å². The maximum atomic E-state index is 5.41. The summed E-state index contributed by atoms with van der Waals surface area (Å²) < 4.78 is 6.55. The molecule has 3 heteroatoms. The average Bonchev–Trinajstić information content (AvgIpc) is 2.40. The number of rotatable bonds is 4. The molecule has 0 unspecified atom stereocenters.